The van der Waals surface area contributed by atoms with Gasteiger partial charge in [-0.3, -0.25) is 4.79 Å². The number of aryl methyl sites for hydroxylation is 2. The molecule has 4 nitrogen and oxygen atoms in total. The second-order valence-electron chi connectivity index (χ2n) is 3.09. The third-order valence-corrected chi connectivity index (χ3v) is 3.45. The van der Waals surface area contributed by atoms with Crippen LogP contribution in [-0.2, 0) is 9.84 Å². The van der Waals surface area contributed by atoms with Crippen LogP contribution in [0.25, 0.3) is 0 Å². The molecular weight excluding hydrogens is 202 g/mol. The molecule has 1 rings (SSSR count). The summed E-state index contributed by atoms with van der Waals surface area (Å²) < 4.78 is 22.9. The number of hydrogen-bond acceptors (Lipinski definition) is 3. The van der Waals surface area contributed by atoms with Crippen molar-refractivity contribution in [1.82, 2.24) is 0 Å². The smallest absolute Gasteiger partial charge is 0.338 e. The molecule has 0 saturated carbocycles. The Balaban J connectivity index is 3.47. The molecule has 76 valence electrons. The molecule has 5 heteroatoms. The normalized spacial score (nSPS) is 11.3. The van der Waals surface area contributed by atoms with E-state index in [0.717, 1.165) is 5.56 Å². The zero-order valence-corrected chi connectivity index (χ0v) is 8.76. The zero-order valence-electron chi connectivity index (χ0n) is 7.94. The maximum Gasteiger partial charge on any atom is 0.338 e. The summed E-state index contributed by atoms with van der Waals surface area (Å²) in [6.07, 6.45) is 0. The number of carbonyl (C=O) groups excluding carboxylic acids is 1. The van der Waals surface area contributed by atoms with E-state index in [1.807, 2.05) is 0 Å². The number of sulfone groups is 1. The number of benzene rings is 1. The van der Waals surface area contributed by atoms with Crippen molar-refractivity contribution in [2.45, 2.75) is 18.7 Å². The van der Waals surface area contributed by atoms with Crippen LogP contribution in [0.5, 0.6) is 0 Å². The lowest BCUT2D eigenvalue weighted by Gasteiger charge is -2.04. The Kier molecular flexibility index (Phi) is 2.62. The van der Waals surface area contributed by atoms with Crippen LogP contribution in [-0.4, -0.2) is 13.7 Å². The van der Waals surface area contributed by atoms with Crippen LogP contribution in [0.3, 0.4) is 0 Å². The van der Waals surface area contributed by atoms with Crippen molar-refractivity contribution in [1.29, 1.82) is 0 Å². The summed E-state index contributed by atoms with van der Waals surface area (Å²) >= 11 is 0. The number of amides is 1. The van der Waals surface area contributed by atoms with Crippen LogP contribution in [0.15, 0.2) is 23.1 Å². The number of primary amides is 1. The Hall–Kier alpha value is -1.36. The van der Waals surface area contributed by atoms with Gasteiger partial charge in [-0.2, -0.15) is 0 Å². The van der Waals surface area contributed by atoms with Gasteiger partial charge in [-0.1, -0.05) is 12.1 Å². The predicted molar refractivity (Wildman–Crippen MR) is 52.7 cm³/mol. The highest BCUT2D eigenvalue weighted by atomic mass is 32.2. The molecule has 2 N–H and O–H groups in total. The SMILES string of the molecule is Cc1ccc(C)c(S(=O)(=O)C(N)=O)c1. The molecule has 1 amide bonds. The molecule has 0 fully saturated rings. The molecule has 0 aromatic heterocycles. The van der Waals surface area contributed by atoms with E-state index in [4.69, 9.17) is 5.73 Å². The van der Waals surface area contributed by atoms with Crippen LogP contribution in [0, 0.1) is 13.8 Å². The largest absolute Gasteiger partial charge is 0.356 e. The number of rotatable bonds is 1. The van der Waals surface area contributed by atoms with Crippen molar-refractivity contribution in [3.8, 4) is 0 Å². The van der Waals surface area contributed by atoms with E-state index in [0.29, 0.717) is 5.56 Å². The van der Waals surface area contributed by atoms with Gasteiger partial charge in [0.1, 0.15) is 0 Å². The quantitative estimate of drug-likeness (QED) is 0.760. The maximum absolute atomic E-state index is 11.4. The molecule has 0 spiro atoms. The van der Waals surface area contributed by atoms with Crippen molar-refractivity contribution in [2.24, 2.45) is 5.73 Å². The molecule has 0 unspecified atom stereocenters. The van der Waals surface area contributed by atoms with Gasteiger partial charge in [0.25, 0.3) is 9.84 Å². The minimum absolute atomic E-state index is 0.00926. The fourth-order valence-corrected chi connectivity index (χ4v) is 2.15. The summed E-state index contributed by atoms with van der Waals surface area (Å²) in [6, 6.07) is 4.86. The van der Waals surface area contributed by atoms with Crippen LogP contribution >= 0.6 is 0 Å². The molecule has 0 heterocycles. The Bertz CT molecular complexity index is 477. The van der Waals surface area contributed by atoms with Gasteiger partial charge in [0.05, 0.1) is 4.90 Å². The van der Waals surface area contributed by atoms with Crippen molar-refractivity contribution >= 4 is 15.1 Å². The molecule has 0 saturated heterocycles. The van der Waals surface area contributed by atoms with Gasteiger partial charge >= 0.3 is 5.24 Å². The first-order valence-electron chi connectivity index (χ1n) is 3.97. The third-order valence-electron chi connectivity index (χ3n) is 1.90. The Morgan fingerprint density at radius 1 is 1.29 bits per heavy atom. The van der Waals surface area contributed by atoms with Crippen molar-refractivity contribution < 1.29 is 13.2 Å². The molecule has 1 aromatic carbocycles. The second-order valence-corrected chi connectivity index (χ2v) is 4.94. The Morgan fingerprint density at radius 2 is 1.86 bits per heavy atom. The molecule has 0 atom stereocenters. The Morgan fingerprint density at radius 3 is 2.36 bits per heavy atom. The summed E-state index contributed by atoms with van der Waals surface area (Å²) in [7, 11) is -3.99. The standard InChI is InChI=1S/C9H11NO3S/c1-6-3-4-7(2)8(5-6)14(12,13)9(10)11/h3-5H,1-2H3,(H2,10,11). The summed E-state index contributed by atoms with van der Waals surface area (Å²) in [5, 5.41) is -1.31. The molecule has 0 radical (unpaired) electrons. The number of nitrogens with two attached hydrogens (primary N) is 1. The second kappa shape index (κ2) is 3.42. The van der Waals surface area contributed by atoms with E-state index < -0.39 is 15.1 Å². The number of carbonyl (C=O) groups is 1. The van der Waals surface area contributed by atoms with Gasteiger partial charge in [0, 0.05) is 0 Å². The van der Waals surface area contributed by atoms with Gasteiger partial charge in [-0.25, -0.2) is 8.42 Å². The molecule has 0 bridgehead atoms. The Labute approximate surface area is 82.7 Å². The van der Waals surface area contributed by atoms with E-state index in [-0.39, 0.29) is 4.90 Å². The molecular formula is C9H11NO3S. The van der Waals surface area contributed by atoms with E-state index in [2.05, 4.69) is 0 Å². The molecule has 0 aliphatic heterocycles. The summed E-state index contributed by atoms with van der Waals surface area (Å²) in [5.41, 5.74) is 6.09. The van der Waals surface area contributed by atoms with Gasteiger partial charge in [-0.15, -0.1) is 0 Å². The highest BCUT2D eigenvalue weighted by Crippen LogP contribution is 2.17. The lowest BCUT2D eigenvalue weighted by molar-refractivity contribution is 0.265. The van der Waals surface area contributed by atoms with Crippen LogP contribution < -0.4 is 5.73 Å². The van der Waals surface area contributed by atoms with Crippen LogP contribution in [0.1, 0.15) is 11.1 Å². The van der Waals surface area contributed by atoms with Gasteiger partial charge in [-0.05, 0) is 31.0 Å². The average molecular weight is 213 g/mol. The minimum Gasteiger partial charge on any atom is -0.356 e. The first kappa shape index (κ1) is 10.7. The van der Waals surface area contributed by atoms with E-state index >= 15 is 0 Å². The highest BCUT2D eigenvalue weighted by molar-refractivity contribution is 8.06. The maximum atomic E-state index is 11.4. The zero-order chi connectivity index (χ0) is 10.9. The topological polar surface area (TPSA) is 77.2 Å². The highest BCUT2D eigenvalue weighted by Gasteiger charge is 2.23. The average Bonchev–Trinajstić information content (AvgIpc) is 2.08. The lowest BCUT2D eigenvalue weighted by Crippen LogP contribution is -2.22. The van der Waals surface area contributed by atoms with Crippen molar-refractivity contribution in [3.05, 3.63) is 29.3 Å². The first-order valence-corrected chi connectivity index (χ1v) is 5.46. The fourth-order valence-electron chi connectivity index (χ4n) is 1.11. The van der Waals surface area contributed by atoms with Crippen molar-refractivity contribution in [2.75, 3.05) is 0 Å². The van der Waals surface area contributed by atoms with Gasteiger partial charge in [0.2, 0.25) is 0 Å². The summed E-state index contributed by atoms with van der Waals surface area (Å²) in [5.74, 6) is 0. The van der Waals surface area contributed by atoms with E-state index in [1.54, 1.807) is 26.0 Å². The number of hydrogen-bond donors (Lipinski definition) is 1. The molecule has 0 aliphatic carbocycles. The summed E-state index contributed by atoms with van der Waals surface area (Å²) in [6.45, 7) is 3.37. The molecule has 1 aromatic rings. The van der Waals surface area contributed by atoms with Crippen LogP contribution in [0.4, 0.5) is 4.79 Å². The monoisotopic (exact) mass is 213 g/mol. The predicted octanol–water partition coefficient (Wildman–Crippen LogP) is 1.16. The fraction of sp³-hybridized carbons (Fsp3) is 0.222. The minimum atomic E-state index is -3.99. The van der Waals surface area contributed by atoms with E-state index in [9.17, 15) is 13.2 Å². The van der Waals surface area contributed by atoms with Crippen LogP contribution in [0.2, 0.25) is 0 Å². The first-order chi connectivity index (χ1) is 6.35. The third kappa shape index (κ3) is 1.77. The summed E-state index contributed by atoms with van der Waals surface area (Å²) in [4.78, 5) is 10.7. The van der Waals surface area contributed by atoms with E-state index in [1.165, 1.54) is 6.07 Å². The molecule has 14 heavy (non-hydrogen) atoms. The van der Waals surface area contributed by atoms with Gasteiger partial charge < -0.3 is 5.73 Å². The van der Waals surface area contributed by atoms with Gasteiger partial charge in [0.15, 0.2) is 0 Å². The van der Waals surface area contributed by atoms with Crippen molar-refractivity contribution in [3.63, 3.8) is 0 Å². The molecule has 0 aliphatic rings. The lowest BCUT2D eigenvalue weighted by atomic mass is 10.2.